The number of para-hydroxylation sites is 1. The maximum atomic E-state index is 11.4. The number of rotatable bonds is 14. The summed E-state index contributed by atoms with van der Waals surface area (Å²) in [4.78, 5) is 28.2. The molecule has 0 atom stereocenters. The summed E-state index contributed by atoms with van der Waals surface area (Å²) in [6.45, 7) is 12.5. The molecule has 5 N–H and O–H groups in total. The van der Waals surface area contributed by atoms with Gasteiger partial charge in [0.05, 0.1) is 17.6 Å². The van der Waals surface area contributed by atoms with Crippen molar-refractivity contribution in [3.63, 3.8) is 0 Å². The normalized spacial score (nSPS) is 12.6. The number of nitrogens with zero attached hydrogens (tertiary/aromatic N) is 3. The summed E-state index contributed by atoms with van der Waals surface area (Å²) in [6, 6.07) is 10.8. The highest BCUT2D eigenvalue weighted by Crippen LogP contribution is 2.43. The van der Waals surface area contributed by atoms with Crippen molar-refractivity contribution in [2.24, 2.45) is 5.92 Å². The molecule has 2 heterocycles. The smallest absolute Gasteiger partial charge is 0.504 e. The minimum atomic E-state index is -4.85. The summed E-state index contributed by atoms with van der Waals surface area (Å²) >= 11 is 0. The summed E-state index contributed by atoms with van der Waals surface area (Å²) in [5.41, 5.74) is 10.0. The van der Waals surface area contributed by atoms with Crippen LogP contribution in [0.4, 0.5) is 5.82 Å². The monoisotopic (exact) mass is 598 g/mol. The second-order valence-electron chi connectivity index (χ2n) is 11.9. The lowest BCUT2D eigenvalue weighted by Gasteiger charge is -2.26. The molecule has 42 heavy (non-hydrogen) atoms. The number of anilines is 1. The lowest BCUT2D eigenvalue weighted by molar-refractivity contribution is 0.109. The predicted octanol–water partition coefficient (Wildman–Crippen LogP) is 6.47. The Morgan fingerprint density at radius 1 is 1.12 bits per heavy atom. The molecule has 0 unspecified atom stereocenters. The Balaban J connectivity index is 1.76. The van der Waals surface area contributed by atoms with Crippen molar-refractivity contribution >= 4 is 35.6 Å². The van der Waals surface area contributed by atoms with Gasteiger partial charge in [0.15, 0.2) is 17.3 Å². The average molecular weight is 599 g/mol. The number of hydrogen-bond donors (Lipinski definition) is 4. The maximum Gasteiger partial charge on any atom is 0.524 e. The molecule has 0 radical (unpaired) electrons. The van der Waals surface area contributed by atoms with E-state index in [9.17, 15) is 19.5 Å². The molecule has 4 aromatic rings. The first-order chi connectivity index (χ1) is 19.8. The van der Waals surface area contributed by atoms with Crippen LogP contribution in [0.2, 0.25) is 0 Å². The Kier molecular flexibility index (Phi) is 9.83. The lowest BCUT2D eigenvalue weighted by Crippen LogP contribution is -2.20. The van der Waals surface area contributed by atoms with Gasteiger partial charge in [-0.05, 0) is 48.3 Å². The number of benzene rings is 2. The Bertz CT molecular complexity index is 1590. The zero-order valence-corrected chi connectivity index (χ0v) is 26.0. The van der Waals surface area contributed by atoms with Gasteiger partial charge < -0.3 is 24.7 Å². The fourth-order valence-corrected chi connectivity index (χ4v) is 5.44. The first kappa shape index (κ1) is 31.8. The minimum absolute atomic E-state index is 0.144. The van der Waals surface area contributed by atoms with Crippen molar-refractivity contribution in [1.82, 2.24) is 14.5 Å². The highest BCUT2D eigenvalue weighted by Gasteiger charge is 2.25. The fraction of sp³-hybridized carbons (Fsp3) is 0.484. The van der Waals surface area contributed by atoms with Crippen LogP contribution < -0.4 is 10.3 Å². The number of nitrogen functional groups attached to an aromatic ring is 1. The zero-order valence-electron chi connectivity index (χ0n) is 25.1. The number of phenolic OH excluding ortho intramolecular Hbond substituents is 1. The van der Waals surface area contributed by atoms with E-state index < -0.39 is 7.82 Å². The lowest BCUT2D eigenvalue weighted by atomic mass is 9.81. The number of aromatic hydroxyl groups is 1. The molecule has 0 saturated carbocycles. The molecular weight excluding hydrogens is 555 g/mol. The van der Waals surface area contributed by atoms with Crippen LogP contribution in [0.3, 0.4) is 0 Å². The number of ether oxygens (including phenoxy) is 1. The number of phosphoric ester groups is 1. The Morgan fingerprint density at radius 3 is 2.57 bits per heavy atom. The number of hydrogen-bond acceptors (Lipinski definition) is 7. The van der Waals surface area contributed by atoms with E-state index in [4.69, 9.17) is 25.0 Å². The van der Waals surface area contributed by atoms with Crippen LogP contribution in [-0.2, 0) is 27.7 Å². The van der Waals surface area contributed by atoms with Gasteiger partial charge in [-0.2, -0.15) is 0 Å². The van der Waals surface area contributed by atoms with Crippen LogP contribution in [0, 0.1) is 5.92 Å². The molecular formula is C31H43N4O6P. The van der Waals surface area contributed by atoms with Crippen LogP contribution in [0.1, 0.15) is 77.3 Å². The predicted molar refractivity (Wildman–Crippen MR) is 166 cm³/mol. The van der Waals surface area contributed by atoms with E-state index in [1.54, 1.807) is 12.1 Å². The van der Waals surface area contributed by atoms with E-state index in [-0.39, 0.29) is 23.5 Å². The Hall–Kier alpha value is -3.17. The molecule has 0 spiro atoms. The number of phenols is 1. The number of imidazole rings is 1. The number of pyridine rings is 1. The van der Waals surface area contributed by atoms with Crippen molar-refractivity contribution in [2.75, 3.05) is 18.9 Å². The van der Waals surface area contributed by atoms with Gasteiger partial charge in [0.2, 0.25) is 0 Å². The highest BCUT2D eigenvalue weighted by atomic mass is 31.2. The maximum absolute atomic E-state index is 11.4. The molecule has 0 amide bonds. The van der Waals surface area contributed by atoms with E-state index in [2.05, 4.69) is 52.8 Å². The molecule has 4 rings (SSSR count). The fourth-order valence-electron chi connectivity index (χ4n) is 5.04. The van der Waals surface area contributed by atoms with E-state index in [0.717, 1.165) is 60.1 Å². The zero-order chi connectivity index (χ0) is 30.7. The summed E-state index contributed by atoms with van der Waals surface area (Å²) < 4.78 is 24.1. The van der Waals surface area contributed by atoms with Crippen molar-refractivity contribution in [1.29, 1.82) is 0 Å². The topological polar surface area (TPSA) is 153 Å². The number of unbranched alkanes of at least 4 members (excludes halogenated alkanes) is 1. The van der Waals surface area contributed by atoms with Crippen molar-refractivity contribution < 1.29 is 28.7 Å². The van der Waals surface area contributed by atoms with E-state index in [1.807, 2.05) is 4.57 Å². The van der Waals surface area contributed by atoms with Crippen molar-refractivity contribution in [3.05, 3.63) is 53.3 Å². The Labute approximate surface area is 247 Å². The third-order valence-electron chi connectivity index (χ3n) is 7.66. The van der Waals surface area contributed by atoms with E-state index in [1.165, 1.54) is 6.07 Å². The average Bonchev–Trinajstić information content (AvgIpc) is 3.27. The molecule has 0 aliphatic carbocycles. The summed E-state index contributed by atoms with van der Waals surface area (Å²) in [7, 11) is -4.85. The first-order valence-corrected chi connectivity index (χ1v) is 16.1. The summed E-state index contributed by atoms with van der Waals surface area (Å²) in [5.74, 6) is 1.10. The van der Waals surface area contributed by atoms with Gasteiger partial charge in [-0.1, -0.05) is 65.3 Å². The molecule has 10 nitrogen and oxygen atoms in total. The van der Waals surface area contributed by atoms with Gasteiger partial charge in [-0.15, -0.1) is 0 Å². The molecule has 228 valence electrons. The number of fused-ring (bicyclic) bond motifs is 3. The Morgan fingerprint density at radius 2 is 1.88 bits per heavy atom. The molecule has 0 saturated heterocycles. The van der Waals surface area contributed by atoms with Crippen LogP contribution in [0.25, 0.3) is 21.9 Å². The van der Waals surface area contributed by atoms with Crippen molar-refractivity contribution in [3.8, 4) is 11.5 Å². The number of aromatic nitrogens is 3. The number of nitrogens with two attached hydrogens (primary N) is 1. The van der Waals surface area contributed by atoms with Gasteiger partial charge in [-0.25, -0.2) is 14.5 Å². The molecule has 0 fully saturated rings. The largest absolute Gasteiger partial charge is 0.524 e. The molecule has 0 aliphatic rings. The second-order valence-corrected chi connectivity index (χ2v) is 13.1. The van der Waals surface area contributed by atoms with Gasteiger partial charge in [0, 0.05) is 30.6 Å². The van der Waals surface area contributed by atoms with Crippen LogP contribution in [0.5, 0.6) is 11.5 Å². The van der Waals surface area contributed by atoms with Crippen LogP contribution in [-0.4, -0.2) is 42.6 Å². The van der Waals surface area contributed by atoms with Gasteiger partial charge in [0.25, 0.3) is 0 Å². The molecule has 0 aliphatic heterocycles. The third-order valence-corrected chi connectivity index (χ3v) is 8.09. The van der Waals surface area contributed by atoms with Gasteiger partial charge in [0.1, 0.15) is 11.3 Å². The van der Waals surface area contributed by atoms with Gasteiger partial charge in [-0.3, -0.25) is 9.79 Å². The number of phosphoric acid groups is 1. The summed E-state index contributed by atoms with van der Waals surface area (Å²) in [5, 5.41) is 11.7. The number of aryl methyl sites for hydroxylation is 1. The van der Waals surface area contributed by atoms with E-state index in [0.29, 0.717) is 35.8 Å². The first-order valence-electron chi connectivity index (χ1n) is 14.5. The third kappa shape index (κ3) is 7.42. The second kappa shape index (κ2) is 13.0. The molecule has 2 aromatic carbocycles. The highest BCUT2D eigenvalue weighted by molar-refractivity contribution is 7.46. The van der Waals surface area contributed by atoms with Gasteiger partial charge >= 0.3 is 7.82 Å². The summed E-state index contributed by atoms with van der Waals surface area (Å²) in [6.07, 6.45) is 4.46. The minimum Gasteiger partial charge on any atom is -0.504 e. The molecule has 0 bridgehead atoms. The van der Waals surface area contributed by atoms with Crippen LogP contribution in [0.15, 0.2) is 36.4 Å². The molecule has 2 aromatic heterocycles. The van der Waals surface area contributed by atoms with Crippen molar-refractivity contribution in [2.45, 2.75) is 78.7 Å². The quantitative estimate of drug-likeness (QED) is 0.0945. The van der Waals surface area contributed by atoms with E-state index >= 15 is 0 Å². The van der Waals surface area contributed by atoms with Crippen LogP contribution >= 0.6 is 7.82 Å². The molecule has 11 heteroatoms. The SMILES string of the molecule is CCCCc1nc2c(N)nc3cc(C(C)(C)CCOCCC(C)C)ccc3c2n1Cc1cccc(OP(=O)(O)O)c1O. The standard InChI is InChI=1S/C31H43N4O6P/c1-6-7-11-26-34-27-28(35(26)19-21-9-8-10-25(29(21)36)41-42(37,38)39)23-13-12-22(18-24(23)33-30(27)32)31(4,5)15-17-40-16-14-20(2)3/h8-10,12-13,18,20,36H,6-7,11,14-17,19H2,1-5H3,(H2,32,33)(H2,37,38,39).